The fourth-order valence-electron chi connectivity index (χ4n) is 4.85. The van der Waals surface area contributed by atoms with Gasteiger partial charge in [-0.2, -0.15) is 0 Å². The predicted octanol–water partition coefficient (Wildman–Crippen LogP) is 6.09. The summed E-state index contributed by atoms with van der Waals surface area (Å²) in [6, 6.07) is 17.2. The van der Waals surface area contributed by atoms with Crippen molar-refractivity contribution >= 4 is 46.6 Å². The van der Waals surface area contributed by atoms with Crippen LogP contribution in [-0.4, -0.2) is 30.9 Å². The second-order valence-corrected chi connectivity index (χ2v) is 11.6. The number of aromatic nitrogens is 1. The Balaban J connectivity index is 1.52. The molecule has 1 aliphatic rings. The van der Waals surface area contributed by atoms with Crippen LogP contribution in [0.25, 0.3) is 6.08 Å². The van der Waals surface area contributed by atoms with Crippen molar-refractivity contribution in [1.29, 1.82) is 0 Å². The molecule has 8 nitrogen and oxygen atoms in total. The van der Waals surface area contributed by atoms with Gasteiger partial charge in [0.15, 0.2) is 16.3 Å². The lowest BCUT2D eigenvalue weighted by Crippen LogP contribution is -2.40. The van der Waals surface area contributed by atoms with E-state index in [4.69, 9.17) is 42.1 Å². The van der Waals surface area contributed by atoms with E-state index in [9.17, 15) is 9.59 Å². The van der Waals surface area contributed by atoms with Gasteiger partial charge in [0, 0.05) is 15.6 Å². The third-order valence-corrected chi connectivity index (χ3v) is 8.48. The summed E-state index contributed by atoms with van der Waals surface area (Å²) in [7, 11) is 1.56. The zero-order chi connectivity index (χ0) is 31.4. The van der Waals surface area contributed by atoms with E-state index in [0.717, 1.165) is 11.1 Å². The van der Waals surface area contributed by atoms with Gasteiger partial charge in [-0.15, -0.1) is 0 Å². The first-order chi connectivity index (χ1) is 21.2. The number of ether oxygens (including phenoxy) is 4. The molecule has 0 spiro atoms. The molecule has 4 aromatic rings. The topological polar surface area (TPSA) is 88.4 Å². The average Bonchev–Trinajstić information content (AvgIpc) is 3.30. The molecule has 0 saturated heterocycles. The number of carbonyl (C=O) groups is 1. The number of thiazole rings is 1. The van der Waals surface area contributed by atoms with Crippen LogP contribution in [0.15, 0.2) is 81.7 Å². The van der Waals surface area contributed by atoms with Crippen LogP contribution < -0.4 is 29.1 Å². The van der Waals surface area contributed by atoms with Gasteiger partial charge in [-0.3, -0.25) is 9.36 Å². The Morgan fingerprint density at radius 1 is 1.00 bits per heavy atom. The Kier molecular flexibility index (Phi) is 9.78. The lowest BCUT2D eigenvalue weighted by atomic mass is 9.95. The fraction of sp³-hybridized carbons (Fsp3) is 0.242. The summed E-state index contributed by atoms with van der Waals surface area (Å²) in [5, 5.41) is 1.10. The largest absolute Gasteiger partial charge is 0.493 e. The highest BCUT2D eigenvalue weighted by atomic mass is 35.5. The van der Waals surface area contributed by atoms with Crippen LogP contribution >= 0.6 is 34.5 Å². The summed E-state index contributed by atoms with van der Waals surface area (Å²) in [5.74, 6) is 1.17. The Hall–Kier alpha value is -4.05. The van der Waals surface area contributed by atoms with E-state index in [1.165, 1.54) is 11.3 Å². The highest BCUT2D eigenvalue weighted by molar-refractivity contribution is 7.07. The highest BCUT2D eigenvalue weighted by Crippen LogP contribution is 2.36. The highest BCUT2D eigenvalue weighted by Gasteiger charge is 2.34. The van der Waals surface area contributed by atoms with Crippen molar-refractivity contribution in [3.05, 3.63) is 118 Å². The van der Waals surface area contributed by atoms with Crippen LogP contribution in [-0.2, 0) is 16.1 Å². The van der Waals surface area contributed by atoms with Crippen molar-refractivity contribution in [2.45, 2.75) is 33.4 Å². The van der Waals surface area contributed by atoms with Gasteiger partial charge >= 0.3 is 5.97 Å². The summed E-state index contributed by atoms with van der Waals surface area (Å²) < 4.78 is 24.6. The van der Waals surface area contributed by atoms with Crippen LogP contribution in [0.5, 0.6) is 17.2 Å². The molecule has 0 radical (unpaired) electrons. The summed E-state index contributed by atoms with van der Waals surface area (Å²) in [5.41, 5.74) is 2.78. The second kappa shape index (κ2) is 13.7. The predicted molar refractivity (Wildman–Crippen MR) is 172 cm³/mol. The first kappa shape index (κ1) is 31.4. The van der Waals surface area contributed by atoms with E-state index >= 15 is 0 Å². The number of nitrogens with zero attached hydrogens (tertiary/aromatic N) is 2. The zero-order valence-corrected chi connectivity index (χ0v) is 26.9. The lowest BCUT2D eigenvalue weighted by Gasteiger charge is -2.25. The van der Waals surface area contributed by atoms with Crippen molar-refractivity contribution in [1.82, 2.24) is 4.57 Å². The van der Waals surface area contributed by atoms with Gasteiger partial charge in [-0.1, -0.05) is 58.8 Å². The Bertz CT molecular complexity index is 1910. The van der Waals surface area contributed by atoms with E-state index in [0.29, 0.717) is 60.1 Å². The van der Waals surface area contributed by atoms with Gasteiger partial charge in [0.05, 0.1) is 42.2 Å². The molecule has 1 aromatic heterocycles. The van der Waals surface area contributed by atoms with Crippen molar-refractivity contribution in [3.63, 3.8) is 0 Å². The molecule has 0 unspecified atom stereocenters. The molecular weight excluding hydrogens is 623 g/mol. The molecule has 11 heteroatoms. The maximum absolute atomic E-state index is 14.0. The molecule has 0 saturated carbocycles. The second-order valence-electron chi connectivity index (χ2n) is 9.74. The SMILES string of the molecule is CCOC(=O)C1=C(C)N=c2s/c(=C\c3ccc(OCc4ccc(Cl)cc4Cl)cc3)c(=O)n2[C@@H]1c1ccc(OC)c(OCC)c1. The molecule has 0 amide bonds. The number of rotatable bonds is 10. The molecule has 0 fully saturated rings. The van der Waals surface area contributed by atoms with Crippen molar-refractivity contribution in [2.24, 2.45) is 4.99 Å². The van der Waals surface area contributed by atoms with E-state index in [1.54, 1.807) is 55.9 Å². The lowest BCUT2D eigenvalue weighted by molar-refractivity contribution is -0.139. The van der Waals surface area contributed by atoms with E-state index in [2.05, 4.69) is 4.99 Å². The minimum atomic E-state index is -0.770. The Morgan fingerprint density at radius 2 is 1.77 bits per heavy atom. The minimum Gasteiger partial charge on any atom is -0.493 e. The quantitative estimate of drug-likeness (QED) is 0.193. The van der Waals surface area contributed by atoms with Crippen molar-refractivity contribution in [3.8, 4) is 17.2 Å². The molecule has 0 aliphatic carbocycles. The van der Waals surface area contributed by atoms with E-state index < -0.39 is 12.0 Å². The van der Waals surface area contributed by atoms with Gasteiger partial charge in [0.1, 0.15) is 12.4 Å². The number of fused-ring (bicyclic) bond motifs is 1. The number of hydrogen-bond acceptors (Lipinski definition) is 8. The summed E-state index contributed by atoms with van der Waals surface area (Å²) in [6.45, 7) is 6.25. The average molecular weight is 654 g/mol. The smallest absolute Gasteiger partial charge is 0.338 e. The number of hydrogen-bond donors (Lipinski definition) is 0. The molecule has 1 aliphatic heterocycles. The number of halogens is 2. The van der Waals surface area contributed by atoms with Crippen LogP contribution in [0.2, 0.25) is 10.0 Å². The van der Waals surface area contributed by atoms with Crippen molar-refractivity contribution < 1.29 is 23.7 Å². The van der Waals surface area contributed by atoms with Crippen LogP contribution in [0, 0.1) is 0 Å². The maximum atomic E-state index is 14.0. The molecule has 0 N–H and O–H groups in total. The van der Waals surface area contributed by atoms with Crippen LogP contribution in [0.3, 0.4) is 0 Å². The zero-order valence-electron chi connectivity index (χ0n) is 24.6. The third-order valence-electron chi connectivity index (χ3n) is 6.91. The summed E-state index contributed by atoms with van der Waals surface area (Å²) in [4.78, 5) is 32.3. The van der Waals surface area contributed by atoms with Gasteiger partial charge in [0.2, 0.25) is 0 Å². The third kappa shape index (κ3) is 6.55. The standard InChI is InChI=1S/C33H30Cl2N2O6S/c1-5-41-27-16-21(10-14-26(27)40-4)30-29(32(39)42-6-2)19(3)36-33-37(30)31(38)28(44-33)15-20-7-12-24(13-8-20)43-18-22-9-11-23(34)17-25(22)35/h7-17,30H,5-6,18H2,1-4H3/b28-15-/t30-/m1/s1. The van der Waals surface area contributed by atoms with Gasteiger partial charge in [0.25, 0.3) is 5.56 Å². The number of esters is 1. The number of allylic oxidation sites excluding steroid dienone is 1. The fourth-order valence-corrected chi connectivity index (χ4v) is 6.36. The molecule has 3 aromatic carbocycles. The monoisotopic (exact) mass is 652 g/mol. The van der Waals surface area contributed by atoms with Crippen LogP contribution in [0.4, 0.5) is 0 Å². The van der Waals surface area contributed by atoms with E-state index in [-0.39, 0.29) is 18.8 Å². The van der Waals surface area contributed by atoms with Gasteiger partial charge < -0.3 is 18.9 Å². The molecule has 1 atom stereocenters. The van der Waals surface area contributed by atoms with E-state index in [1.807, 2.05) is 43.3 Å². The number of benzene rings is 3. The molecule has 44 heavy (non-hydrogen) atoms. The normalized spacial score (nSPS) is 14.6. The first-order valence-corrected chi connectivity index (χ1v) is 15.5. The van der Waals surface area contributed by atoms with Gasteiger partial charge in [-0.05, 0) is 74.4 Å². The first-order valence-electron chi connectivity index (χ1n) is 13.9. The molecular formula is C33H30Cl2N2O6S. The van der Waals surface area contributed by atoms with Crippen molar-refractivity contribution in [2.75, 3.05) is 20.3 Å². The number of methoxy groups -OCH3 is 1. The molecule has 2 heterocycles. The van der Waals surface area contributed by atoms with Crippen LogP contribution in [0.1, 0.15) is 43.5 Å². The molecule has 0 bridgehead atoms. The number of carbonyl (C=O) groups excluding carboxylic acids is 1. The van der Waals surface area contributed by atoms with Gasteiger partial charge in [-0.25, -0.2) is 9.79 Å². The summed E-state index contributed by atoms with van der Waals surface area (Å²) in [6.07, 6.45) is 1.80. The Morgan fingerprint density at radius 3 is 2.45 bits per heavy atom. The molecule has 5 rings (SSSR count). The molecule has 228 valence electrons. The maximum Gasteiger partial charge on any atom is 0.338 e. The minimum absolute atomic E-state index is 0.187. The Labute approximate surface area is 268 Å². The summed E-state index contributed by atoms with van der Waals surface area (Å²) >= 11 is 13.5.